The van der Waals surface area contributed by atoms with Gasteiger partial charge in [-0.3, -0.25) is 4.98 Å². The Labute approximate surface area is 113 Å². The van der Waals surface area contributed by atoms with E-state index >= 15 is 0 Å². The Kier molecular flexibility index (Phi) is 8.91. The number of nitrogens with two attached hydrogens (primary N) is 1. The van der Waals surface area contributed by atoms with E-state index in [2.05, 4.69) is 4.98 Å². The fourth-order valence-electron chi connectivity index (χ4n) is 1.38. The Morgan fingerprint density at radius 3 is 2.42 bits per heavy atom. The standard InChI is InChI=1S/C13H22N2O4/c1-16-4-5-17-6-7-18-8-9-19-13-11-15-3-2-12(13)10-14/h2-3,11H,4-10,14H2,1H3. The molecule has 0 spiro atoms. The minimum Gasteiger partial charge on any atom is -0.489 e. The monoisotopic (exact) mass is 270 g/mol. The summed E-state index contributed by atoms with van der Waals surface area (Å²) < 4.78 is 21.0. The molecule has 0 amide bonds. The van der Waals surface area contributed by atoms with E-state index in [0.29, 0.717) is 51.9 Å². The molecule has 0 atom stereocenters. The molecule has 0 aliphatic heterocycles. The summed E-state index contributed by atoms with van der Waals surface area (Å²) in [4.78, 5) is 4.00. The van der Waals surface area contributed by atoms with E-state index in [1.165, 1.54) is 0 Å². The van der Waals surface area contributed by atoms with Crippen molar-refractivity contribution in [2.24, 2.45) is 5.73 Å². The molecule has 1 aromatic heterocycles. The molecule has 1 aromatic rings. The van der Waals surface area contributed by atoms with E-state index < -0.39 is 0 Å². The molecule has 0 unspecified atom stereocenters. The van der Waals surface area contributed by atoms with E-state index in [1.807, 2.05) is 6.07 Å². The van der Waals surface area contributed by atoms with Crippen LogP contribution < -0.4 is 10.5 Å². The SMILES string of the molecule is COCCOCCOCCOc1cnccc1CN. The van der Waals surface area contributed by atoms with Crippen molar-refractivity contribution in [2.45, 2.75) is 6.54 Å². The predicted octanol–water partition coefficient (Wildman–Crippen LogP) is 0.599. The Balaban J connectivity index is 2.01. The molecule has 1 rings (SSSR count). The largest absolute Gasteiger partial charge is 0.489 e. The van der Waals surface area contributed by atoms with E-state index in [0.717, 1.165) is 5.56 Å². The molecule has 2 N–H and O–H groups in total. The Bertz CT molecular complexity index is 336. The van der Waals surface area contributed by atoms with Gasteiger partial charge in [0, 0.05) is 25.4 Å². The van der Waals surface area contributed by atoms with Crippen molar-refractivity contribution in [3.8, 4) is 5.75 Å². The summed E-state index contributed by atoms with van der Waals surface area (Å²) >= 11 is 0. The first-order chi connectivity index (χ1) is 9.38. The zero-order valence-electron chi connectivity index (χ0n) is 11.3. The second-order valence-corrected chi connectivity index (χ2v) is 3.75. The van der Waals surface area contributed by atoms with Crippen molar-refractivity contribution < 1.29 is 18.9 Å². The second-order valence-electron chi connectivity index (χ2n) is 3.75. The van der Waals surface area contributed by atoms with Gasteiger partial charge in [0.05, 0.1) is 39.2 Å². The molecule has 6 heteroatoms. The molecule has 0 aliphatic carbocycles. The van der Waals surface area contributed by atoms with Crippen LogP contribution in [0.25, 0.3) is 0 Å². The molecule has 1 heterocycles. The molecule has 0 saturated carbocycles. The fraction of sp³-hybridized carbons (Fsp3) is 0.615. The lowest BCUT2D eigenvalue weighted by Gasteiger charge is -2.10. The molecule has 6 nitrogen and oxygen atoms in total. The molecule has 0 fully saturated rings. The number of ether oxygens (including phenoxy) is 4. The summed E-state index contributed by atoms with van der Waals surface area (Å²) in [6, 6.07) is 1.85. The molecule has 108 valence electrons. The Hall–Kier alpha value is -1.21. The summed E-state index contributed by atoms with van der Waals surface area (Å²) in [7, 11) is 1.64. The van der Waals surface area contributed by atoms with Crippen LogP contribution >= 0.6 is 0 Å². The van der Waals surface area contributed by atoms with Crippen molar-refractivity contribution in [3.63, 3.8) is 0 Å². The quantitative estimate of drug-likeness (QED) is 0.593. The van der Waals surface area contributed by atoms with Gasteiger partial charge in [-0.25, -0.2) is 0 Å². The van der Waals surface area contributed by atoms with Crippen molar-refractivity contribution in [3.05, 3.63) is 24.0 Å². The number of pyridine rings is 1. The number of hydrogen-bond acceptors (Lipinski definition) is 6. The minimum atomic E-state index is 0.437. The van der Waals surface area contributed by atoms with Gasteiger partial charge in [-0.15, -0.1) is 0 Å². The van der Waals surface area contributed by atoms with Gasteiger partial charge in [0.2, 0.25) is 0 Å². The number of hydrogen-bond donors (Lipinski definition) is 1. The van der Waals surface area contributed by atoms with Gasteiger partial charge in [-0.2, -0.15) is 0 Å². The zero-order valence-corrected chi connectivity index (χ0v) is 11.3. The van der Waals surface area contributed by atoms with Gasteiger partial charge >= 0.3 is 0 Å². The third kappa shape index (κ3) is 7.07. The first-order valence-electron chi connectivity index (χ1n) is 6.28. The van der Waals surface area contributed by atoms with Crippen LogP contribution in [0.2, 0.25) is 0 Å². The van der Waals surface area contributed by atoms with Crippen LogP contribution in [-0.2, 0) is 20.8 Å². The van der Waals surface area contributed by atoms with Crippen LogP contribution in [0.1, 0.15) is 5.56 Å². The highest BCUT2D eigenvalue weighted by Gasteiger charge is 2.01. The lowest BCUT2D eigenvalue weighted by molar-refractivity contribution is 0.0179. The minimum absolute atomic E-state index is 0.437. The maximum Gasteiger partial charge on any atom is 0.142 e. The van der Waals surface area contributed by atoms with Crippen molar-refractivity contribution in [1.82, 2.24) is 4.98 Å². The van der Waals surface area contributed by atoms with Gasteiger partial charge < -0.3 is 24.7 Å². The van der Waals surface area contributed by atoms with Crippen molar-refractivity contribution in [1.29, 1.82) is 0 Å². The fourth-order valence-corrected chi connectivity index (χ4v) is 1.38. The van der Waals surface area contributed by atoms with Crippen LogP contribution in [0.3, 0.4) is 0 Å². The van der Waals surface area contributed by atoms with Gasteiger partial charge in [-0.1, -0.05) is 0 Å². The second kappa shape index (κ2) is 10.7. The first kappa shape index (κ1) is 15.8. The Morgan fingerprint density at radius 2 is 1.74 bits per heavy atom. The Morgan fingerprint density at radius 1 is 1.05 bits per heavy atom. The maximum absolute atomic E-state index is 5.59. The number of aromatic nitrogens is 1. The highest BCUT2D eigenvalue weighted by molar-refractivity contribution is 5.29. The third-order valence-electron chi connectivity index (χ3n) is 2.38. The van der Waals surface area contributed by atoms with E-state index in [4.69, 9.17) is 24.7 Å². The maximum atomic E-state index is 5.59. The molecule has 19 heavy (non-hydrogen) atoms. The lowest BCUT2D eigenvalue weighted by Crippen LogP contribution is -2.13. The van der Waals surface area contributed by atoms with Crippen LogP contribution in [0.5, 0.6) is 5.75 Å². The van der Waals surface area contributed by atoms with Crippen LogP contribution in [0.15, 0.2) is 18.5 Å². The molecule has 0 aromatic carbocycles. The third-order valence-corrected chi connectivity index (χ3v) is 2.38. The predicted molar refractivity (Wildman–Crippen MR) is 71.1 cm³/mol. The van der Waals surface area contributed by atoms with Gasteiger partial charge in [0.1, 0.15) is 12.4 Å². The van der Waals surface area contributed by atoms with E-state index in [1.54, 1.807) is 19.5 Å². The van der Waals surface area contributed by atoms with Crippen LogP contribution in [-0.4, -0.2) is 51.7 Å². The molecule has 0 aliphatic rings. The smallest absolute Gasteiger partial charge is 0.142 e. The lowest BCUT2D eigenvalue weighted by atomic mass is 10.2. The average Bonchev–Trinajstić information content (AvgIpc) is 2.46. The van der Waals surface area contributed by atoms with E-state index in [-0.39, 0.29) is 0 Å². The zero-order chi connectivity index (χ0) is 13.8. The average molecular weight is 270 g/mol. The summed E-state index contributed by atoms with van der Waals surface area (Å²) in [5.41, 5.74) is 6.54. The highest BCUT2D eigenvalue weighted by atomic mass is 16.6. The summed E-state index contributed by atoms with van der Waals surface area (Å²) in [6.07, 6.45) is 3.36. The van der Waals surface area contributed by atoms with Crippen LogP contribution in [0.4, 0.5) is 0 Å². The molecular formula is C13H22N2O4. The van der Waals surface area contributed by atoms with Gasteiger partial charge in [-0.05, 0) is 6.07 Å². The summed E-state index contributed by atoms with van der Waals surface area (Å²) in [5, 5.41) is 0. The number of rotatable bonds is 11. The van der Waals surface area contributed by atoms with Gasteiger partial charge in [0.25, 0.3) is 0 Å². The topological polar surface area (TPSA) is 75.8 Å². The van der Waals surface area contributed by atoms with Crippen molar-refractivity contribution >= 4 is 0 Å². The molecule has 0 saturated heterocycles. The van der Waals surface area contributed by atoms with Crippen molar-refractivity contribution in [2.75, 3.05) is 46.8 Å². The summed E-state index contributed by atoms with van der Waals surface area (Å²) in [5.74, 6) is 0.713. The van der Waals surface area contributed by atoms with E-state index in [9.17, 15) is 0 Å². The van der Waals surface area contributed by atoms with Gasteiger partial charge in [0.15, 0.2) is 0 Å². The number of nitrogens with zero attached hydrogens (tertiary/aromatic N) is 1. The number of methoxy groups -OCH3 is 1. The normalized spacial score (nSPS) is 10.6. The van der Waals surface area contributed by atoms with Crippen LogP contribution in [0, 0.1) is 0 Å². The summed E-state index contributed by atoms with van der Waals surface area (Å²) in [6.45, 7) is 3.71. The molecular weight excluding hydrogens is 248 g/mol. The molecule has 0 radical (unpaired) electrons. The highest BCUT2D eigenvalue weighted by Crippen LogP contribution is 2.14. The first-order valence-corrected chi connectivity index (χ1v) is 6.28. The molecule has 0 bridgehead atoms.